The molecule has 76 valence electrons. The molecule has 2 rings (SSSR count). The fourth-order valence-electron chi connectivity index (χ4n) is 0.693. The van der Waals surface area contributed by atoms with Crippen LogP contribution in [0.15, 0.2) is 0 Å². The van der Waals surface area contributed by atoms with Crippen molar-refractivity contribution in [1.82, 2.24) is 16.0 Å². The van der Waals surface area contributed by atoms with Gasteiger partial charge < -0.3 is 15.4 Å². The van der Waals surface area contributed by atoms with E-state index in [2.05, 4.69) is 27.6 Å². The first-order chi connectivity index (χ1) is 6.58. The summed E-state index contributed by atoms with van der Waals surface area (Å²) >= 11 is 4.55. The Bertz CT molecular complexity index is 245. The third-order valence-electron chi connectivity index (χ3n) is 1.24. The van der Waals surface area contributed by atoms with Gasteiger partial charge in [-0.2, -0.15) is 0 Å². The van der Waals surface area contributed by atoms with Gasteiger partial charge in [-0.25, -0.2) is 4.79 Å². The Labute approximate surface area is 84.2 Å². The van der Waals surface area contributed by atoms with Crippen molar-refractivity contribution in [2.45, 2.75) is 0 Å². The molecule has 0 atom stereocenters. The summed E-state index contributed by atoms with van der Waals surface area (Å²) in [5.74, 6) is -0.421. The van der Waals surface area contributed by atoms with Crippen molar-refractivity contribution in [2.24, 2.45) is 0 Å². The first kappa shape index (κ1) is 10.4. The van der Waals surface area contributed by atoms with E-state index < -0.39 is 6.09 Å². The maximum Gasteiger partial charge on any atom is 0.414 e. The molecule has 0 aliphatic carbocycles. The Morgan fingerprint density at radius 3 is 2.00 bits per heavy atom. The van der Waals surface area contributed by atoms with Crippen LogP contribution in [0.3, 0.4) is 0 Å². The Balaban J connectivity index is 0.000000140. The van der Waals surface area contributed by atoms with Gasteiger partial charge >= 0.3 is 6.09 Å². The van der Waals surface area contributed by atoms with E-state index in [1.54, 1.807) is 0 Å². The third-order valence-corrected chi connectivity index (χ3v) is 1.48. The number of rotatable bonds is 0. The molecule has 3 amide bonds. The average molecular weight is 217 g/mol. The normalized spacial score (nSPS) is 18.9. The highest BCUT2D eigenvalue weighted by molar-refractivity contribution is 7.80. The minimum atomic E-state index is -0.648. The molecule has 2 aliphatic heterocycles. The van der Waals surface area contributed by atoms with Gasteiger partial charge in [0.1, 0.15) is 0 Å². The van der Waals surface area contributed by atoms with Crippen molar-refractivity contribution in [3.8, 4) is 0 Å². The van der Waals surface area contributed by atoms with Gasteiger partial charge in [-0.1, -0.05) is 0 Å². The molecule has 0 saturated carbocycles. The summed E-state index contributed by atoms with van der Waals surface area (Å²) in [6, 6.07) is 0. The second-order valence-electron chi connectivity index (χ2n) is 2.36. The predicted octanol–water partition coefficient (Wildman–Crippen LogP) is -1.76. The lowest BCUT2D eigenvalue weighted by molar-refractivity contribution is -0.119. The average Bonchev–Trinajstić information content (AvgIpc) is 2.63. The Hall–Kier alpha value is -1.70. The molecule has 7 nitrogen and oxygen atoms in total. The number of carbonyl (C=O) groups is 3. The molecular weight excluding hydrogens is 210 g/mol. The van der Waals surface area contributed by atoms with Crippen LogP contribution in [0.25, 0.3) is 0 Å². The lowest BCUT2D eigenvalue weighted by Crippen LogP contribution is -2.21. The molecule has 0 unspecified atom stereocenters. The van der Waals surface area contributed by atoms with Gasteiger partial charge in [0, 0.05) is 0 Å². The minimum absolute atomic E-state index is 0.0509. The highest BCUT2D eigenvalue weighted by atomic mass is 32.1. The van der Waals surface area contributed by atoms with Crippen LogP contribution in [-0.4, -0.2) is 36.2 Å². The molecule has 0 radical (unpaired) electrons. The predicted molar refractivity (Wildman–Crippen MR) is 48.2 cm³/mol. The van der Waals surface area contributed by atoms with E-state index in [1.165, 1.54) is 0 Å². The zero-order valence-electron chi connectivity index (χ0n) is 6.96. The van der Waals surface area contributed by atoms with E-state index in [1.807, 2.05) is 5.32 Å². The topological polar surface area (TPSA) is 96.5 Å². The lowest BCUT2D eigenvalue weighted by atomic mass is 10.7. The van der Waals surface area contributed by atoms with Crippen LogP contribution in [0.1, 0.15) is 0 Å². The van der Waals surface area contributed by atoms with Crippen molar-refractivity contribution in [3.63, 3.8) is 0 Å². The number of ether oxygens (including phenoxy) is 1. The standard InChI is InChI=1S/C3H4N2OS.C3H3NO3/c6-2-1-4-3(7)5-2;5-2-1-7-3(6)4-2/h1H2,(H2,4,5,6,7);1H2,(H,4,5,6). The van der Waals surface area contributed by atoms with Crippen LogP contribution < -0.4 is 16.0 Å². The Morgan fingerprint density at radius 2 is 1.86 bits per heavy atom. The summed E-state index contributed by atoms with van der Waals surface area (Å²) in [6.45, 7) is 0.206. The van der Waals surface area contributed by atoms with Crippen LogP contribution in [0.5, 0.6) is 0 Å². The smallest absolute Gasteiger partial charge is 0.414 e. The number of hydrogen-bond donors (Lipinski definition) is 3. The summed E-state index contributed by atoms with van der Waals surface area (Å²) in [4.78, 5) is 30.1. The van der Waals surface area contributed by atoms with Crippen molar-refractivity contribution in [3.05, 3.63) is 0 Å². The zero-order chi connectivity index (χ0) is 10.6. The molecule has 0 spiro atoms. The van der Waals surface area contributed by atoms with Crippen LogP contribution >= 0.6 is 12.2 Å². The van der Waals surface area contributed by atoms with Gasteiger partial charge in [0.05, 0.1) is 6.54 Å². The fourth-order valence-corrected chi connectivity index (χ4v) is 0.879. The number of imide groups is 1. The van der Waals surface area contributed by atoms with Crippen LogP contribution in [0, 0.1) is 0 Å². The quantitative estimate of drug-likeness (QED) is 0.416. The summed E-state index contributed by atoms with van der Waals surface area (Å²) in [7, 11) is 0. The number of cyclic esters (lactones) is 1. The van der Waals surface area contributed by atoms with Gasteiger partial charge in [-0.3, -0.25) is 14.9 Å². The summed E-state index contributed by atoms with van der Waals surface area (Å²) in [6.07, 6.45) is -0.648. The Morgan fingerprint density at radius 1 is 1.14 bits per heavy atom. The van der Waals surface area contributed by atoms with Crippen LogP contribution in [-0.2, 0) is 14.3 Å². The van der Waals surface area contributed by atoms with Crippen molar-refractivity contribution in [1.29, 1.82) is 0 Å². The van der Waals surface area contributed by atoms with Gasteiger partial charge in [-0.05, 0) is 12.2 Å². The minimum Gasteiger partial charge on any atom is -0.439 e. The number of thiocarbonyl (C=S) groups is 1. The number of carbonyl (C=O) groups excluding carboxylic acids is 3. The maximum atomic E-state index is 10.2. The van der Waals surface area contributed by atoms with Gasteiger partial charge in [0.25, 0.3) is 5.91 Å². The van der Waals surface area contributed by atoms with Gasteiger partial charge in [0.15, 0.2) is 11.7 Å². The molecule has 8 heteroatoms. The molecule has 0 aromatic carbocycles. The second kappa shape index (κ2) is 4.51. The van der Waals surface area contributed by atoms with E-state index in [9.17, 15) is 14.4 Å². The monoisotopic (exact) mass is 217 g/mol. The van der Waals surface area contributed by atoms with E-state index in [-0.39, 0.29) is 18.4 Å². The fraction of sp³-hybridized carbons (Fsp3) is 0.333. The number of hydrogen-bond acceptors (Lipinski definition) is 5. The van der Waals surface area contributed by atoms with E-state index in [0.717, 1.165) is 0 Å². The van der Waals surface area contributed by atoms with Crippen LogP contribution in [0.2, 0.25) is 0 Å². The molecule has 2 fully saturated rings. The molecular formula is C6H7N3O4S. The Kier molecular flexibility index (Phi) is 3.35. The number of amides is 3. The van der Waals surface area contributed by atoms with E-state index in [4.69, 9.17) is 0 Å². The molecule has 2 heterocycles. The summed E-state index contributed by atoms with van der Waals surface area (Å²) in [5, 5.41) is 7.39. The first-order valence-electron chi connectivity index (χ1n) is 3.62. The van der Waals surface area contributed by atoms with Crippen LogP contribution in [0.4, 0.5) is 4.79 Å². The van der Waals surface area contributed by atoms with Gasteiger partial charge in [0.2, 0.25) is 5.91 Å². The van der Waals surface area contributed by atoms with Crippen molar-refractivity contribution >= 4 is 35.2 Å². The number of alkyl carbamates (subject to hydrolysis) is 1. The lowest BCUT2D eigenvalue weighted by Gasteiger charge is -1.83. The summed E-state index contributed by atoms with van der Waals surface area (Å²) < 4.78 is 4.17. The molecule has 3 N–H and O–H groups in total. The highest BCUT2D eigenvalue weighted by Gasteiger charge is 2.17. The molecule has 0 aromatic heterocycles. The first-order valence-corrected chi connectivity index (χ1v) is 4.03. The molecule has 14 heavy (non-hydrogen) atoms. The zero-order valence-corrected chi connectivity index (χ0v) is 7.77. The second-order valence-corrected chi connectivity index (χ2v) is 2.76. The molecule has 0 bridgehead atoms. The van der Waals surface area contributed by atoms with E-state index >= 15 is 0 Å². The van der Waals surface area contributed by atoms with E-state index in [0.29, 0.717) is 11.7 Å². The SMILES string of the molecule is O=C1CNC(=S)N1.O=C1COC(=O)N1. The molecule has 0 aromatic rings. The largest absolute Gasteiger partial charge is 0.439 e. The molecule has 2 aliphatic rings. The summed E-state index contributed by atoms with van der Waals surface area (Å²) in [5.41, 5.74) is 0. The van der Waals surface area contributed by atoms with Crippen molar-refractivity contribution < 1.29 is 19.1 Å². The third kappa shape index (κ3) is 3.35. The number of nitrogens with one attached hydrogen (secondary N) is 3. The van der Waals surface area contributed by atoms with Gasteiger partial charge in [-0.15, -0.1) is 0 Å². The maximum absolute atomic E-state index is 10.2. The van der Waals surface area contributed by atoms with Crippen molar-refractivity contribution in [2.75, 3.05) is 13.2 Å². The molecule has 2 saturated heterocycles. The highest BCUT2D eigenvalue weighted by Crippen LogP contribution is 1.85.